The Balaban J connectivity index is 1.64. The summed E-state index contributed by atoms with van der Waals surface area (Å²) in [6, 6.07) is 2.04. The van der Waals surface area contributed by atoms with Crippen molar-refractivity contribution in [3.8, 4) is 11.3 Å². The predicted octanol–water partition coefficient (Wildman–Crippen LogP) is 3.66. The summed E-state index contributed by atoms with van der Waals surface area (Å²) in [5.74, 6) is -4.49. The second-order valence-electron chi connectivity index (χ2n) is 8.07. The molecule has 3 aromatic heterocycles. The van der Waals surface area contributed by atoms with Crippen molar-refractivity contribution in [3.63, 3.8) is 0 Å². The summed E-state index contributed by atoms with van der Waals surface area (Å²) < 4.78 is 43.7. The molecule has 8 nitrogen and oxygen atoms in total. The van der Waals surface area contributed by atoms with E-state index >= 15 is 0 Å². The highest BCUT2D eigenvalue weighted by atomic mass is 35.5. The van der Waals surface area contributed by atoms with Gasteiger partial charge in [0.15, 0.2) is 5.69 Å². The van der Waals surface area contributed by atoms with Crippen molar-refractivity contribution in [3.05, 3.63) is 53.5 Å². The molecule has 1 aliphatic heterocycles. The average molecular weight is 480 g/mol. The van der Waals surface area contributed by atoms with Gasteiger partial charge in [-0.15, -0.1) is 0 Å². The number of carbonyl (C=O) groups excluding carboxylic acids is 1. The maximum absolute atomic E-state index is 14.5. The number of piperidine rings is 1. The zero-order valence-corrected chi connectivity index (χ0v) is 18.6. The molecule has 12 heteroatoms. The standard InChI is InChI=1S/C21H21ClF3N7O/c1-12-5-21(24,25)11-32(17(12)9-29-20-27-6-13(22)7-28-20)19(33)18-15(10-31(2)30-18)16-4-3-14(23)8-26-16/h3-4,6-8,10,12,17H,5,9,11H2,1-2H3,(H,27,28,29)/t12-,17-/m1/s1. The quantitative estimate of drug-likeness (QED) is 0.600. The topological polar surface area (TPSA) is 88.8 Å². The normalized spacial score (nSPS) is 20.0. The molecule has 1 amide bonds. The largest absolute Gasteiger partial charge is 0.352 e. The maximum Gasteiger partial charge on any atom is 0.275 e. The molecule has 0 spiro atoms. The average Bonchev–Trinajstić information content (AvgIpc) is 3.15. The van der Waals surface area contributed by atoms with Crippen LogP contribution in [0.15, 0.2) is 36.9 Å². The van der Waals surface area contributed by atoms with Crippen molar-refractivity contribution in [1.29, 1.82) is 0 Å². The van der Waals surface area contributed by atoms with Crippen LogP contribution in [0.25, 0.3) is 11.3 Å². The number of pyridine rings is 1. The number of nitrogens with zero attached hydrogens (tertiary/aromatic N) is 6. The smallest absolute Gasteiger partial charge is 0.275 e. The number of hydrogen-bond donors (Lipinski definition) is 1. The summed E-state index contributed by atoms with van der Waals surface area (Å²) >= 11 is 5.80. The first-order valence-corrected chi connectivity index (χ1v) is 10.6. The molecule has 1 N–H and O–H groups in total. The van der Waals surface area contributed by atoms with E-state index in [1.807, 2.05) is 0 Å². The number of aryl methyl sites for hydroxylation is 1. The van der Waals surface area contributed by atoms with Crippen molar-refractivity contribution >= 4 is 23.5 Å². The summed E-state index contributed by atoms with van der Waals surface area (Å²) in [6.07, 6.45) is 5.03. The van der Waals surface area contributed by atoms with Crippen molar-refractivity contribution < 1.29 is 18.0 Å². The van der Waals surface area contributed by atoms with Crippen LogP contribution in [0, 0.1) is 11.7 Å². The number of amides is 1. The number of carbonyl (C=O) groups is 1. The first-order chi connectivity index (χ1) is 15.6. The van der Waals surface area contributed by atoms with E-state index in [9.17, 15) is 18.0 Å². The Morgan fingerprint density at radius 1 is 1.24 bits per heavy atom. The van der Waals surface area contributed by atoms with Gasteiger partial charge in [0.1, 0.15) is 5.82 Å². The Hall–Kier alpha value is -3.21. The molecule has 1 saturated heterocycles. The van der Waals surface area contributed by atoms with E-state index in [2.05, 4.69) is 25.4 Å². The molecule has 4 rings (SSSR count). The number of alkyl halides is 2. The van der Waals surface area contributed by atoms with Crippen LogP contribution in [0.3, 0.4) is 0 Å². The molecular formula is C21H21ClF3N7O. The van der Waals surface area contributed by atoms with Crippen LogP contribution < -0.4 is 5.32 Å². The fourth-order valence-corrected chi connectivity index (χ4v) is 4.08. The second kappa shape index (κ2) is 8.97. The molecule has 4 heterocycles. The summed E-state index contributed by atoms with van der Waals surface area (Å²) in [6.45, 7) is 1.07. The molecule has 0 unspecified atom stereocenters. The molecule has 0 aliphatic carbocycles. The number of aromatic nitrogens is 5. The van der Waals surface area contributed by atoms with Crippen molar-refractivity contribution in [2.75, 3.05) is 18.4 Å². The Kier molecular flexibility index (Phi) is 6.24. The van der Waals surface area contributed by atoms with E-state index in [-0.39, 0.29) is 24.6 Å². The second-order valence-corrected chi connectivity index (χ2v) is 8.51. The molecule has 1 aliphatic rings. The van der Waals surface area contributed by atoms with Gasteiger partial charge in [-0.2, -0.15) is 5.10 Å². The first kappa shape index (κ1) is 23.0. The van der Waals surface area contributed by atoms with Gasteiger partial charge in [0, 0.05) is 26.2 Å². The number of likely N-dealkylation sites (tertiary alicyclic amines) is 1. The molecule has 0 aromatic carbocycles. The zero-order valence-electron chi connectivity index (χ0n) is 17.8. The van der Waals surface area contributed by atoms with Gasteiger partial charge in [0.2, 0.25) is 5.95 Å². The summed E-state index contributed by atoms with van der Waals surface area (Å²) in [4.78, 5) is 26.7. The van der Waals surface area contributed by atoms with Gasteiger partial charge < -0.3 is 10.2 Å². The number of rotatable bonds is 5. The lowest BCUT2D eigenvalue weighted by atomic mass is 9.88. The lowest BCUT2D eigenvalue weighted by Gasteiger charge is -2.43. The van der Waals surface area contributed by atoms with Gasteiger partial charge in [0.05, 0.1) is 47.5 Å². The SMILES string of the molecule is C[C@@H]1CC(F)(F)CN(C(=O)c2nn(C)cc2-c2ccc(F)cn2)[C@@H]1CNc1ncc(Cl)cn1. The molecule has 1 fully saturated rings. The minimum absolute atomic E-state index is 0.0331. The molecular weight excluding hydrogens is 459 g/mol. The minimum atomic E-state index is -3.05. The number of nitrogens with one attached hydrogen (secondary N) is 1. The lowest BCUT2D eigenvalue weighted by Crippen LogP contribution is -2.57. The van der Waals surface area contributed by atoms with E-state index in [1.54, 1.807) is 20.2 Å². The highest BCUT2D eigenvalue weighted by Gasteiger charge is 2.46. The van der Waals surface area contributed by atoms with Crippen LogP contribution in [-0.2, 0) is 7.05 Å². The molecule has 2 atom stereocenters. The van der Waals surface area contributed by atoms with Gasteiger partial charge >= 0.3 is 0 Å². The fraction of sp³-hybridized carbons (Fsp3) is 0.381. The van der Waals surface area contributed by atoms with Crippen LogP contribution in [0.1, 0.15) is 23.8 Å². The zero-order chi connectivity index (χ0) is 23.8. The Morgan fingerprint density at radius 2 is 1.97 bits per heavy atom. The minimum Gasteiger partial charge on any atom is -0.352 e. The summed E-state index contributed by atoms with van der Waals surface area (Å²) in [5.41, 5.74) is 0.611. The van der Waals surface area contributed by atoms with Gasteiger partial charge in [0.25, 0.3) is 11.8 Å². The number of halogens is 4. The van der Waals surface area contributed by atoms with E-state index in [0.717, 1.165) is 11.1 Å². The van der Waals surface area contributed by atoms with Crippen LogP contribution in [0.4, 0.5) is 19.1 Å². The highest BCUT2D eigenvalue weighted by Crippen LogP contribution is 2.36. The van der Waals surface area contributed by atoms with E-state index in [4.69, 9.17) is 11.6 Å². The van der Waals surface area contributed by atoms with E-state index < -0.39 is 36.2 Å². The van der Waals surface area contributed by atoms with Crippen molar-refractivity contribution in [2.24, 2.45) is 13.0 Å². The number of anilines is 1. The van der Waals surface area contributed by atoms with Crippen LogP contribution in [0.2, 0.25) is 5.02 Å². The van der Waals surface area contributed by atoms with Gasteiger partial charge in [-0.1, -0.05) is 18.5 Å². The van der Waals surface area contributed by atoms with Crippen LogP contribution in [-0.4, -0.2) is 60.6 Å². The monoisotopic (exact) mass is 479 g/mol. The first-order valence-electron chi connectivity index (χ1n) is 10.2. The lowest BCUT2D eigenvalue weighted by molar-refractivity contribution is -0.0898. The summed E-state index contributed by atoms with van der Waals surface area (Å²) in [5, 5.41) is 7.56. The fourth-order valence-electron chi connectivity index (χ4n) is 3.98. The molecule has 0 saturated carbocycles. The Labute approximate surface area is 192 Å². The third-order valence-electron chi connectivity index (χ3n) is 5.46. The van der Waals surface area contributed by atoms with Crippen molar-refractivity contribution in [2.45, 2.75) is 25.3 Å². The predicted molar refractivity (Wildman–Crippen MR) is 115 cm³/mol. The molecule has 33 heavy (non-hydrogen) atoms. The van der Waals surface area contributed by atoms with E-state index in [1.165, 1.54) is 29.2 Å². The molecule has 174 valence electrons. The third-order valence-corrected chi connectivity index (χ3v) is 5.66. The maximum atomic E-state index is 14.5. The summed E-state index contributed by atoms with van der Waals surface area (Å²) in [7, 11) is 1.61. The van der Waals surface area contributed by atoms with E-state index in [0.29, 0.717) is 16.3 Å². The number of hydrogen-bond acceptors (Lipinski definition) is 6. The molecule has 0 bridgehead atoms. The van der Waals surface area contributed by atoms with Crippen LogP contribution >= 0.6 is 11.6 Å². The van der Waals surface area contributed by atoms with Gasteiger partial charge in [-0.25, -0.2) is 23.1 Å². The van der Waals surface area contributed by atoms with Crippen LogP contribution in [0.5, 0.6) is 0 Å². The highest BCUT2D eigenvalue weighted by molar-refractivity contribution is 6.30. The van der Waals surface area contributed by atoms with Gasteiger partial charge in [-0.05, 0) is 18.1 Å². The Bertz CT molecular complexity index is 1140. The van der Waals surface area contributed by atoms with Crippen molar-refractivity contribution in [1.82, 2.24) is 29.6 Å². The Morgan fingerprint density at radius 3 is 2.64 bits per heavy atom. The molecule has 3 aromatic rings. The molecule has 0 radical (unpaired) electrons. The van der Waals surface area contributed by atoms with Gasteiger partial charge in [-0.3, -0.25) is 14.5 Å². The third kappa shape index (κ3) is 5.08.